The summed E-state index contributed by atoms with van der Waals surface area (Å²) in [5, 5.41) is 0. The molecule has 3 nitrogen and oxygen atoms in total. The molecule has 0 heterocycles. The highest BCUT2D eigenvalue weighted by atomic mass is 16.2. The number of amides is 1. The third kappa shape index (κ3) is 5.57. The molecule has 0 fully saturated rings. The van der Waals surface area contributed by atoms with Gasteiger partial charge in [-0.25, -0.2) is 0 Å². The zero-order chi connectivity index (χ0) is 12.0. The zero-order valence-electron chi connectivity index (χ0n) is 10.4. The van der Waals surface area contributed by atoms with Crippen LogP contribution in [0.25, 0.3) is 0 Å². The van der Waals surface area contributed by atoms with Crippen molar-refractivity contribution in [3.05, 3.63) is 12.2 Å². The van der Waals surface area contributed by atoms with Crippen LogP contribution in [-0.2, 0) is 4.79 Å². The largest absolute Gasteiger partial charge is 0.338 e. The first-order valence-electron chi connectivity index (χ1n) is 5.57. The number of nitrogens with zero attached hydrogens (tertiary/aromatic N) is 1. The molecule has 88 valence electrons. The lowest BCUT2D eigenvalue weighted by Crippen LogP contribution is -2.44. The molecule has 3 heteroatoms. The topological polar surface area (TPSA) is 46.3 Å². The van der Waals surface area contributed by atoms with Crippen molar-refractivity contribution in [2.75, 3.05) is 13.1 Å². The Kier molecular flexibility index (Phi) is 6.25. The van der Waals surface area contributed by atoms with E-state index < -0.39 is 0 Å². The average molecular weight is 212 g/mol. The second-order valence-corrected chi connectivity index (χ2v) is 4.55. The summed E-state index contributed by atoms with van der Waals surface area (Å²) < 4.78 is 0. The fourth-order valence-electron chi connectivity index (χ4n) is 1.51. The van der Waals surface area contributed by atoms with Crippen LogP contribution in [0.1, 0.15) is 34.1 Å². The molecule has 0 aliphatic carbocycles. The first-order chi connectivity index (χ1) is 6.88. The maximum absolute atomic E-state index is 11.9. The van der Waals surface area contributed by atoms with E-state index in [0.717, 1.165) is 12.0 Å². The molecule has 0 radical (unpaired) electrons. The first kappa shape index (κ1) is 14.2. The summed E-state index contributed by atoms with van der Waals surface area (Å²) in [4.78, 5) is 13.7. The second-order valence-electron chi connectivity index (χ2n) is 4.55. The third-order valence-corrected chi connectivity index (χ3v) is 2.20. The number of rotatable bonds is 6. The highest BCUT2D eigenvalue weighted by molar-refractivity contribution is 5.81. The molecule has 0 spiro atoms. The molecule has 0 aromatic carbocycles. The highest BCUT2D eigenvalue weighted by Gasteiger charge is 2.20. The van der Waals surface area contributed by atoms with E-state index in [1.54, 1.807) is 4.90 Å². The van der Waals surface area contributed by atoms with Crippen molar-refractivity contribution in [3.8, 4) is 0 Å². The van der Waals surface area contributed by atoms with Crippen molar-refractivity contribution in [2.24, 2.45) is 11.7 Å². The zero-order valence-corrected chi connectivity index (χ0v) is 10.4. The Labute approximate surface area is 93.3 Å². The first-order valence-corrected chi connectivity index (χ1v) is 5.57. The van der Waals surface area contributed by atoms with Crippen molar-refractivity contribution in [1.82, 2.24) is 4.90 Å². The lowest BCUT2D eigenvalue weighted by molar-refractivity contribution is -0.132. The molecule has 1 amide bonds. The number of hydrogen-bond acceptors (Lipinski definition) is 2. The lowest BCUT2D eigenvalue weighted by Gasteiger charge is -2.25. The van der Waals surface area contributed by atoms with Crippen LogP contribution < -0.4 is 5.73 Å². The predicted octanol–water partition coefficient (Wildman–Crippen LogP) is 1.78. The minimum Gasteiger partial charge on any atom is -0.338 e. The summed E-state index contributed by atoms with van der Waals surface area (Å²) in [6, 6.07) is -0.371. The second kappa shape index (κ2) is 6.62. The van der Waals surface area contributed by atoms with Crippen LogP contribution in [-0.4, -0.2) is 29.9 Å². The van der Waals surface area contributed by atoms with Gasteiger partial charge in [-0.2, -0.15) is 0 Å². The summed E-state index contributed by atoms with van der Waals surface area (Å²) >= 11 is 0. The van der Waals surface area contributed by atoms with Gasteiger partial charge in [0, 0.05) is 13.1 Å². The SMILES string of the molecule is C=C(C)CN(CC)C(=O)[C@H](N)CC(C)C. The minimum atomic E-state index is -0.371. The molecule has 0 saturated heterocycles. The van der Waals surface area contributed by atoms with Crippen molar-refractivity contribution in [1.29, 1.82) is 0 Å². The van der Waals surface area contributed by atoms with E-state index in [4.69, 9.17) is 5.73 Å². The van der Waals surface area contributed by atoms with Crippen LogP contribution in [0.3, 0.4) is 0 Å². The van der Waals surface area contributed by atoms with Crippen molar-refractivity contribution in [2.45, 2.75) is 40.2 Å². The number of carbonyl (C=O) groups is 1. The third-order valence-electron chi connectivity index (χ3n) is 2.20. The van der Waals surface area contributed by atoms with Gasteiger partial charge in [-0.15, -0.1) is 0 Å². The van der Waals surface area contributed by atoms with Gasteiger partial charge >= 0.3 is 0 Å². The van der Waals surface area contributed by atoms with Gasteiger partial charge in [0.25, 0.3) is 0 Å². The van der Waals surface area contributed by atoms with E-state index in [-0.39, 0.29) is 11.9 Å². The quantitative estimate of drug-likeness (QED) is 0.682. The van der Waals surface area contributed by atoms with Crippen molar-refractivity contribution in [3.63, 3.8) is 0 Å². The fraction of sp³-hybridized carbons (Fsp3) is 0.750. The van der Waals surface area contributed by atoms with E-state index in [1.165, 1.54) is 0 Å². The van der Waals surface area contributed by atoms with Gasteiger partial charge < -0.3 is 10.6 Å². The Morgan fingerprint density at radius 1 is 1.47 bits per heavy atom. The van der Waals surface area contributed by atoms with Crippen molar-refractivity contribution >= 4 is 5.91 Å². The summed E-state index contributed by atoms with van der Waals surface area (Å²) in [7, 11) is 0. The van der Waals surface area contributed by atoms with E-state index in [9.17, 15) is 4.79 Å². The van der Waals surface area contributed by atoms with Gasteiger partial charge in [0.05, 0.1) is 6.04 Å². The molecule has 0 aromatic rings. The maximum Gasteiger partial charge on any atom is 0.239 e. The summed E-state index contributed by atoms with van der Waals surface area (Å²) in [6.45, 7) is 13.1. The molecule has 2 N–H and O–H groups in total. The molecular weight excluding hydrogens is 188 g/mol. The Balaban J connectivity index is 4.30. The molecule has 0 aliphatic heterocycles. The molecule has 15 heavy (non-hydrogen) atoms. The molecule has 0 aliphatic rings. The molecule has 0 bridgehead atoms. The molecule has 0 unspecified atom stereocenters. The normalized spacial score (nSPS) is 12.7. The number of hydrogen-bond donors (Lipinski definition) is 1. The number of likely N-dealkylation sites (N-methyl/N-ethyl adjacent to an activating group) is 1. The van der Waals surface area contributed by atoms with Gasteiger partial charge in [-0.3, -0.25) is 4.79 Å². The Morgan fingerprint density at radius 2 is 2.00 bits per heavy atom. The molecule has 0 rings (SSSR count). The van der Waals surface area contributed by atoms with Gasteiger partial charge in [0.15, 0.2) is 0 Å². The number of nitrogens with two attached hydrogens (primary N) is 1. The fourth-order valence-corrected chi connectivity index (χ4v) is 1.51. The van der Waals surface area contributed by atoms with Crippen molar-refractivity contribution < 1.29 is 4.79 Å². The Bertz CT molecular complexity index is 224. The average Bonchev–Trinajstić information content (AvgIpc) is 2.11. The monoisotopic (exact) mass is 212 g/mol. The molecule has 0 saturated carbocycles. The van der Waals surface area contributed by atoms with Gasteiger partial charge in [0.2, 0.25) is 5.91 Å². The highest BCUT2D eigenvalue weighted by Crippen LogP contribution is 2.07. The minimum absolute atomic E-state index is 0.0363. The van der Waals surface area contributed by atoms with Gasteiger partial charge in [-0.05, 0) is 26.2 Å². The van der Waals surface area contributed by atoms with Crippen LogP contribution >= 0.6 is 0 Å². The van der Waals surface area contributed by atoms with Crippen LogP contribution in [0.4, 0.5) is 0 Å². The molecule has 0 aromatic heterocycles. The van der Waals surface area contributed by atoms with E-state index >= 15 is 0 Å². The van der Waals surface area contributed by atoms with Gasteiger partial charge in [-0.1, -0.05) is 26.0 Å². The van der Waals surface area contributed by atoms with Crippen LogP contribution in [0.2, 0.25) is 0 Å². The Morgan fingerprint density at radius 3 is 2.33 bits per heavy atom. The molecular formula is C12H24N2O. The van der Waals surface area contributed by atoms with Crippen LogP contribution in [0.5, 0.6) is 0 Å². The predicted molar refractivity (Wildman–Crippen MR) is 64.5 cm³/mol. The summed E-state index contributed by atoms with van der Waals surface area (Å²) in [5.41, 5.74) is 6.84. The lowest BCUT2D eigenvalue weighted by atomic mass is 10.0. The summed E-state index contributed by atoms with van der Waals surface area (Å²) in [6.07, 6.45) is 0.742. The maximum atomic E-state index is 11.9. The number of carbonyl (C=O) groups excluding carboxylic acids is 1. The van der Waals surface area contributed by atoms with E-state index in [2.05, 4.69) is 20.4 Å². The molecule has 1 atom stereocenters. The Hall–Kier alpha value is -0.830. The van der Waals surface area contributed by atoms with E-state index in [1.807, 2.05) is 13.8 Å². The van der Waals surface area contributed by atoms with Gasteiger partial charge in [0.1, 0.15) is 0 Å². The smallest absolute Gasteiger partial charge is 0.239 e. The van der Waals surface area contributed by atoms with Crippen LogP contribution in [0, 0.1) is 5.92 Å². The van der Waals surface area contributed by atoms with E-state index in [0.29, 0.717) is 19.0 Å². The van der Waals surface area contributed by atoms with Crippen LogP contribution in [0.15, 0.2) is 12.2 Å². The standard InChI is InChI=1S/C12H24N2O/c1-6-14(8-10(4)5)12(15)11(13)7-9(2)3/h9,11H,4,6-8,13H2,1-3,5H3/t11-/m1/s1. The summed E-state index contributed by atoms with van der Waals surface area (Å²) in [5.74, 6) is 0.488.